The predicted molar refractivity (Wildman–Crippen MR) is 182 cm³/mol. The van der Waals surface area contributed by atoms with Crippen LogP contribution in [-0.4, -0.2) is 77.6 Å². The molecule has 0 unspecified atom stereocenters. The molecule has 1 N–H and O–H groups in total. The van der Waals surface area contributed by atoms with Crippen molar-refractivity contribution in [2.45, 2.75) is 57.3 Å². The Morgan fingerprint density at radius 3 is 2.48 bits per heavy atom. The van der Waals surface area contributed by atoms with Crippen molar-refractivity contribution in [2.75, 3.05) is 38.1 Å². The van der Waals surface area contributed by atoms with E-state index in [0.29, 0.717) is 52.5 Å². The minimum atomic E-state index is -3.87. The molecule has 4 aromatic rings. The van der Waals surface area contributed by atoms with Crippen LogP contribution in [0.15, 0.2) is 60.2 Å². The summed E-state index contributed by atoms with van der Waals surface area (Å²) in [6, 6.07) is 8.62. The summed E-state index contributed by atoms with van der Waals surface area (Å²) in [7, 11) is -1.79. The number of benzene rings is 1. The van der Waals surface area contributed by atoms with Crippen molar-refractivity contribution in [2.24, 2.45) is 0 Å². The summed E-state index contributed by atoms with van der Waals surface area (Å²) in [4.78, 5) is 38.5. The number of aromatic amines is 1. The summed E-state index contributed by atoms with van der Waals surface area (Å²) in [5, 5.41) is 0.477. The quantitative estimate of drug-likeness (QED) is 0.155. The number of pyridine rings is 2. The third kappa shape index (κ3) is 6.28. The zero-order chi connectivity index (χ0) is 34.4. The number of rotatable bonds is 12. The fourth-order valence-corrected chi connectivity index (χ4v) is 8.63. The van der Waals surface area contributed by atoms with Crippen LogP contribution in [0.2, 0.25) is 0 Å². The molecule has 6 rings (SSSR count). The van der Waals surface area contributed by atoms with E-state index in [4.69, 9.17) is 4.98 Å². The Morgan fingerprint density at radius 1 is 1.12 bits per heavy atom. The predicted octanol–water partition coefficient (Wildman–Crippen LogP) is 5.46. The van der Waals surface area contributed by atoms with Crippen LogP contribution in [0.25, 0.3) is 22.0 Å². The number of Topliss-reactive ketones (excluding diaryl/α,β-unsaturated/α-hetero) is 1. The highest BCUT2D eigenvalue weighted by molar-refractivity contribution is 7.91. The van der Waals surface area contributed by atoms with Crippen LogP contribution < -0.4 is 15.2 Å². The van der Waals surface area contributed by atoms with Crippen LogP contribution in [-0.2, 0) is 16.4 Å². The lowest BCUT2D eigenvalue weighted by Gasteiger charge is -2.33. The molecular formula is C35H39F2N5O5S. The zero-order valence-corrected chi connectivity index (χ0v) is 28.1. The highest BCUT2D eigenvalue weighted by Gasteiger charge is 2.54. The van der Waals surface area contributed by atoms with Crippen molar-refractivity contribution < 1.29 is 26.7 Å². The maximum atomic E-state index is 14.1. The Bertz CT molecular complexity index is 2040. The van der Waals surface area contributed by atoms with Crippen LogP contribution in [0.1, 0.15) is 52.9 Å². The third-order valence-electron chi connectivity index (χ3n) is 9.45. The summed E-state index contributed by atoms with van der Waals surface area (Å²) in [6.07, 6.45) is 5.86. The molecule has 2 fully saturated rings. The molecule has 13 heteroatoms. The number of fused-ring (bicyclic) bond motifs is 1. The molecule has 1 aromatic carbocycles. The molecule has 3 aromatic heterocycles. The number of hydrogen-bond acceptors (Lipinski definition) is 8. The van der Waals surface area contributed by atoms with Crippen LogP contribution in [0.3, 0.4) is 0 Å². The molecule has 0 spiro atoms. The molecule has 1 saturated heterocycles. The van der Waals surface area contributed by atoms with E-state index >= 15 is 0 Å². The van der Waals surface area contributed by atoms with Crippen molar-refractivity contribution in [1.29, 1.82) is 0 Å². The van der Waals surface area contributed by atoms with Crippen LogP contribution in [0.4, 0.5) is 14.6 Å². The topological polar surface area (TPSA) is 118 Å². The number of halogens is 2. The first-order valence-corrected chi connectivity index (χ1v) is 17.4. The number of piperazine rings is 1. The summed E-state index contributed by atoms with van der Waals surface area (Å²) in [5.74, 6) is 0.170. The van der Waals surface area contributed by atoms with E-state index in [2.05, 4.69) is 33.1 Å². The number of ether oxygens (including phenoxy) is 1. The fraction of sp³-hybridized carbons (Fsp3) is 0.400. The molecule has 4 heterocycles. The number of ketones is 1. The third-order valence-corrected chi connectivity index (χ3v) is 11.9. The van der Waals surface area contributed by atoms with Gasteiger partial charge in [0.1, 0.15) is 11.6 Å². The van der Waals surface area contributed by atoms with Gasteiger partial charge in [-0.25, -0.2) is 17.4 Å². The maximum Gasteiger partial charge on any atom is 0.387 e. The lowest BCUT2D eigenvalue weighted by molar-refractivity contribution is -0.0505. The number of nitrogens with one attached hydrogen (secondary N) is 1. The summed E-state index contributed by atoms with van der Waals surface area (Å²) >= 11 is 0. The summed E-state index contributed by atoms with van der Waals surface area (Å²) in [6.45, 7) is 7.46. The maximum absolute atomic E-state index is 14.1. The van der Waals surface area contributed by atoms with Gasteiger partial charge in [-0.15, -0.1) is 6.58 Å². The number of alkyl halides is 2. The van der Waals surface area contributed by atoms with Gasteiger partial charge in [0.05, 0.1) is 15.8 Å². The number of nitrogens with zero attached hydrogens (tertiary/aromatic N) is 4. The van der Waals surface area contributed by atoms with Crippen molar-refractivity contribution >= 4 is 32.5 Å². The number of aryl methyl sites for hydroxylation is 2. The fourth-order valence-electron chi connectivity index (χ4n) is 6.57. The number of anilines is 1. The van der Waals surface area contributed by atoms with Gasteiger partial charge in [0.15, 0.2) is 5.78 Å². The number of aromatic nitrogens is 3. The zero-order valence-electron chi connectivity index (χ0n) is 27.3. The Hall–Kier alpha value is -4.36. The second-order valence-electron chi connectivity index (χ2n) is 12.8. The molecule has 254 valence electrons. The summed E-state index contributed by atoms with van der Waals surface area (Å²) < 4.78 is 59.5. The van der Waals surface area contributed by atoms with E-state index in [1.807, 2.05) is 12.1 Å². The standard InChI is InChI=1S/C35H39F2N5O5S/c1-5-10-35(11-12-35)48(45,46)42-21-22(2)32-27(29(43)8-7-26-30(47-34(36)37)17-23(3)39-33(26)44)18-25(19-28(32)42)24-6-9-31(38-20-24)41-15-13-40(4)14-16-41/h5-6,9,17-21,34H,1,7-8,10-16H2,2-4H3,(H,39,44). The van der Waals surface area contributed by atoms with Gasteiger partial charge in [0, 0.05) is 67.2 Å². The molecule has 1 aliphatic carbocycles. The lowest BCUT2D eigenvalue weighted by Crippen LogP contribution is -2.44. The molecule has 1 aliphatic heterocycles. The SMILES string of the molecule is C=CCC1(S(=O)(=O)n2cc(C)c3c(C(=O)CCc4c(OC(F)F)cc(C)[nH]c4=O)cc(-c4ccc(N5CCN(C)CC5)nc4)cc32)CC1. The molecule has 0 radical (unpaired) electrons. The van der Waals surface area contributed by atoms with Crippen molar-refractivity contribution in [3.63, 3.8) is 0 Å². The first-order chi connectivity index (χ1) is 22.8. The van der Waals surface area contributed by atoms with E-state index in [1.165, 1.54) is 10.0 Å². The average Bonchev–Trinajstić information content (AvgIpc) is 3.76. The average molecular weight is 680 g/mol. The van der Waals surface area contributed by atoms with Gasteiger partial charge in [-0.2, -0.15) is 8.78 Å². The molecule has 0 atom stereocenters. The number of likely N-dealkylation sites (N-methyl/N-ethyl adjacent to an activating group) is 1. The van der Waals surface area contributed by atoms with Gasteiger partial charge in [0.2, 0.25) is 10.0 Å². The molecular weight excluding hydrogens is 640 g/mol. The van der Waals surface area contributed by atoms with E-state index < -0.39 is 26.9 Å². The molecule has 10 nitrogen and oxygen atoms in total. The monoisotopic (exact) mass is 679 g/mol. The first-order valence-electron chi connectivity index (χ1n) is 16.0. The molecule has 48 heavy (non-hydrogen) atoms. The minimum Gasteiger partial charge on any atom is -0.434 e. The number of hydrogen-bond donors (Lipinski definition) is 1. The van der Waals surface area contributed by atoms with Gasteiger partial charge in [-0.3, -0.25) is 9.59 Å². The molecule has 0 bridgehead atoms. The van der Waals surface area contributed by atoms with E-state index in [9.17, 15) is 26.8 Å². The van der Waals surface area contributed by atoms with Gasteiger partial charge in [-0.1, -0.05) is 6.08 Å². The Balaban J connectivity index is 1.43. The van der Waals surface area contributed by atoms with Crippen molar-refractivity contribution in [3.05, 3.63) is 88.1 Å². The second-order valence-corrected chi connectivity index (χ2v) is 15.0. The highest BCUT2D eigenvalue weighted by atomic mass is 32.2. The minimum absolute atomic E-state index is 0.0673. The summed E-state index contributed by atoms with van der Waals surface area (Å²) in [5.41, 5.74) is 2.18. The van der Waals surface area contributed by atoms with Gasteiger partial charge >= 0.3 is 6.61 Å². The van der Waals surface area contributed by atoms with Crippen LogP contribution >= 0.6 is 0 Å². The highest BCUT2D eigenvalue weighted by Crippen LogP contribution is 2.49. The largest absolute Gasteiger partial charge is 0.434 e. The van der Waals surface area contributed by atoms with Gasteiger partial charge < -0.3 is 19.5 Å². The first kappa shape index (κ1) is 33.5. The van der Waals surface area contributed by atoms with E-state index in [-0.39, 0.29) is 35.5 Å². The van der Waals surface area contributed by atoms with Crippen molar-refractivity contribution in [3.8, 4) is 16.9 Å². The lowest BCUT2D eigenvalue weighted by atomic mass is 9.94. The van der Waals surface area contributed by atoms with E-state index in [0.717, 1.165) is 32.0 Å². The van der Waals surface area contributed by atoms with Crippen LogP contribution in [0, 0.1) is 13.8 Å². The van der Waals surface area contributed by atoms with E-state index in [1.54, 1.807) is 44.4 Å². The Kier molecular flexibility index (Phi) is 9.03. The number of H-pyrrole nitrogens is 1. The number of carbonyl (C=O) groups excluding carboxylic acids is 1. The van der Waals surface area contributed by atoms with Gasteiger partial charge in [0.25, 0.3) is 5.56 Å². The molecule has 0 amide bonds. The van der Waals surface area contributed by atoms with Crippen LogP contribution in [0.5, 0.6) is 5.75 Å². The Labute approximate surface area is 278 Å². The molecule has 1 saturated carbocycles. The molecule has 2 aliphatic rings. The normalized spacial score (nSPS) is 16.4. The smallest absolute Gasteiger partial charge is 0.387 e. The van der Waals surface area contributed by atoms with Gasteiger partial charge in [-0.05, 0) is 88.0 Å². The number of carbonyl (C=O) groups is 1. The van der Waals surface area contributed by atoms with Crippen molar-refractivity contribution in [1.82, 2.24) is 18.8 Å². The second kappa shape index (κ2) is 12.9. The Morgan fingerprint density at radius 2 is 1.85 bits per heavy atom. The number of allylic oxidation sites excluding steroid dienone is 1.